The van der Waals surface area contributed by atoms with Gasteiger partial charge in [0.25, 0.3) is 0 Å². The van der Waals surface area contributed by atoms with Crippen LogP contribution in [0.4, 0.5) is 4.39 Å². The van der Waals surface area contributed by atoms with Crippen LogP contribution in [0.1, 0.15) is 48.8 Å². The minimum atomic E-state index is -0.292. The van der Waals surface area contributed by atoms with Crippen molar-refractivity contribution in [1.29, 1.82) is 0 Å². The quantitative estimate of drug-likeness (QED) is 0.689. The van der Waals surface area contributed by atoms with E-state index in [0.29, 0.717) is 31.0 Å². The number of amides is 1. The SMILES string of the molecule is Cc1noc(CCCC(=O)NC(C)c2cnn(-c3ccc(F)cc3)c2C)n1. The largest absolute Gasteiger partial charge is 0.349 e. The van der Waals surface area contributed by atoms with E-state index in [1.807, 2.05) is 13.8 Å². The van der Waals surface area contributed by atoms with E-state index in [0.717, 1.165) is 16.9 Å². The Hall–Kier alpha value is -3.03. The first-order valence-corrected chi connectivity index (χ1v) is 8.83. The minimum Gasteiger partial charge on any atom is -0.349 e. The smallest absolute Gasteiger partial charge is 0.226 e. The second kappa shape index (κ2) is 8.11. The van der Waals surface area contributed by atoms with Crippen molar-refractivity contribution < 1.29 is 13.7 Å². The lowest BCUT2D eigenvalue weighted by Crippen LogP contribution is -2.26. The monoisotopic (exact) mass is 371 g/mol. The van der Waals surface area contributed by atoms with Crippen LogP contribution in [-0.2, 0) is 11.2 Å². The van der Waals surface area contributed by atoms with Crippen molar-refractivity contribution in [3.8, 4) is 5.69 Å². The Morgan fingerprint density at radius 1 is 1.30 bits per heavy atom. The van der Waals surface area contributed by atoms with E-state index in [4.69, 9.17) is 4.52 Å². The molecule has 0 fully saturated rings. The van der Waals surface area contributed by atoms with E-state index in [-0.39, 0.29) is 17.8 Å². The van der Waals surface area contributed by atoms with Gasteiger partial charge in [-0.15, -0.1) is 0 Å². The molecule has 1 atom stereocenters. The molecule has 1 unspecified atom stereocenters. The highest BCUT2D eigenvalue weighted by Crippen LogP contribution is 2.20. The Labute approximate surface area is 156 Å². The van der Waals surface area contributed by atoms with Gasteiger partial charge in [0, 0.05) is 24.1 Å². The average Bonchev–Trinajstić information content (AvgIpc) is 3.21. The summed E-state index contributed by atoms with van der Waals surface area (Å²) in [6.07, 6.45) is 3.31. The third-order valence-electron chi connectivity index (χ3n) is 4.33. The van der Waals surface area contributed by atoms with Crippen LogP contribution in [0.25, 0.3) is 5.69 Å². The van der Waals surface area contributed by atoms with E-state index < -0.39 is 0 Å². The Kier molecular flexibility index (Phi) is 5.63. The fraction of sp³-hybridized carbons (Fsp3) is 0.368. The summed E-state index contributed by atoms with van der Waals surface area (Å²) in [6, 6.07) is 5.94. The van der Waals surface area contributed by atoms with Gasteiger partial charge in [-0.3, -0.25) is 4.79 Å². The minimum absolute atomic E-state index is 0.0485. The van der Waals surface area contributed by atoms with Gasteiger partial charge in [0.05, 0.1) is 17.9 Å². The number of carbonyl (C=O) groups is 1. The fourth-order valence-electron chi connectivity index (χ4n) is 2.92. The summed E-state index contributed by atoms with van der Waals surface area (Å²) in [5, 5.41) is 11.1. The summed E-state index contributed by atoms with van der Waals surface area (Å²) in [6.45, 7) is 5.60. The zero-order valence-corrected chi connectivity index (χ0v) is 15.6. The predicted molar refractivity (Wildman–Crippen MR) is 96.8 cm³/mol. The molecule has 0 saturated heterocycles. The fourth-order valence-corrected chi connectivity index (χ4v) is 2.92. The number of hydrogen-bond acceptors (Lipinski definition) is 5. The molecule has 0 radical (unpaired) electrons. The number of aryl methyl sites for hydroxylation is 2. The van der Waals surface area contributed by atoms with E-state index in [1.54, 1.807) is 29.9 Å². The Bertz CT molecular complexity index is 917. The molecule has 0 aliphatic carbocycles. The standard InChI is InChI=1S/C19H22FN5O2/c1-12(22-18(26)5-4-6-19-23-14(3)24-27-19)17-11-21-25(13(17)2)16-9-7-15(20)8-10-16/h7-12H,4-6H2,1-3H3,(H,22,26). The molecule has 1 N–H and O–H groups in total. The Balaban J connectivity index is 1.56. The molecular weight excluding hydrogens is 349 g/mol. The molecule has 0 spiro atoms. The second-order valence-electron chi connectivity index (χ2n) is 6.45. The van der Waals surface area contributed by atoms with Gasteiger partial charge in [0.15, 0.2) is 5.82 Å². The number of nitrogens with zero attached hydrogens (tertiary/aromatic N) is 4. The molecule has 0 aliphatic heterocycles. The molecule has 3 aromatic rings. The normalized spacial score (nSPS) is 12.1. The summed E-state index contributed by atoms with van der Waals surface area (Å²) < 4.78 is 19.9. The highest BCUT2D eigenvalue weighted by molar-refractivity contribution is 5.76. The summed E-state index contributed by atoms with van der Waals surface area (Å²) in [5.74, 6) is 0.800. The number of aromatic nitrogens is 4. The van der Waals surface area contributed by atoms with Crippen molar-refractivity contribution in [1.82, 2.24) is 25.2 Å². The zero-order valence-electron chi connectivity index (χ0n) is 15.6. The van der Waals surface area contributed by atoms with Crippen LogP contribution in [0.15, 0.2) is 35.0 Å². The topological polar surface area (TPSA) is 85.8 Å². The third kappa shape index (κ3) is 4.58. The van der Waals surface area contributed by atoms with Crippen molar-refractivity contribution >= 4 is 5.91 Å². The lowest BCUT2D eigenvalue weighted by atomic mass is 10.1. The number of nitrogens with one attached hydrogen (secondary N) is 1. The van der Waals surface area contributed by atoms with Crippen molar-refractivity contribution in [2.45, 2.75) is 46.1 Å². The van der Waals surface area contributed by atoms with Gasteiger partial charge in [-0.25, -0.2) is 9.07 Å². The van der Waals surface area contributed by atoms with Crippen molar-refractivity contribution in [3.63, 3.8) is 0 Å². The maximum atomic E-state index is 13.1. The lowest BCUT2D eigenvalue weighted by molar-refractivity contribution is -0.121. The molecule has 27 heavy (non-hydrogen) atoms. The number of halogens is 1. The van der Waals surface area contributed by atoms with Crippen molar-refractivity contribution in [3.05, 3.63) is 59.3 Å². The molecular formula is C19H22FN5O2. The van der Waals surface area contributed by atoms with Crippen LogP contribution in [0, 0.1) is 19.7 Å². The van der Waals surface area contributed by atoms with Crippen LogP contribution in [0.5, 0.6) is 0 Å². The predicted octanol–water partition coefficient (Wildman–Crippen LogP) is 3.21. The summed E-state index contributed by atoms with van der Waals surface area (Å²) >= 11 is 0. The summed E-state index contributed by atoms with van der Waals surface area (Å²) in [5.41, 5.74) is 2.59. The molecule has 2 heterocycles. The first kappa shape index (κ1) is 18.8. The first-order chi connectivity index (χ1) is 12.9. The van der Waals surface area contributed by atoms with Crippen LogP contribution < -0.4 is 5.32 Å². The van der Waals surface area contributed by atoms with E-state index in [2.05, 4.69) is 20.6 Å². The van der Waals surface area contributed by atoms with Gasteiger partial charge in [0.1, 0.15) is 5.82 Å². The molecule has 0 saturated carbocycles. The zero-order chi connectivity index (χ0) is 19.4. The molecule has 1 aromatic carbocycles. The molecule has 3 rings (SSSR count). The summed E-state index contributed by atoms with van der Waals surface area (Å²) in [4.78, 5) is 16.3. The van der Waals surface area contributed by atoms with Crippen molar-refractivity contribution in [2.75, 3.05) is 0 Å². The van der Waals surface area contributed by atoms with Crippen molar-refractivity contribution in [2.24, 2.45) is 0 Å². The Morgan fingerprint density at radius 2 is 2.04 bits per heavy atom. The van der Waals surface area contributed by atoms with Crippen LogP contribution in [-0.4, -0.2) is 25.8 Å². The Morgan fingerprint density at radius 3 is 2.70 bits per heavy atom. The second-order valence-corrected chi connectivity index (χ2v) is 6.45. The maximum absolute atomic E-state index is 13.1. The molecule has 7 nitrogen and oxygen atoms in total. The molecule has 8 heteroatoms. The molecule has 0 aliphatic rings. The number of benzene rings is 1. The number of hydrogen-bond donors (Lipinski definition) is 1. The van der Waals surface area contributed by atoms with Gasteiger partial charge >= 0.3 is 0 Å². The average molecular weight is 371 g/mol. The molecule has 1 amide bonds. The van der Waals surface area contributed by atoms with Gasteiger partial charge in [-0.2, -0.15) is 10.1 Å². The summed E-state index contributed by atoms with van der Waals surface area (Å²) in [7, 11) is 0. The van der Waals surface area contributed by atoms with Crippen LogP contribution in [0.3, 0.4) is 0 Å². The van der Waals surface area contributed by atoms with Crippen LogP contribution in [0.2, 0.25) is 0 Å². The van der Waals surface area contributed by atoms with E-state index in [1.165, 1.54) is 12.1 Å². The van der Waals surface area contributed by atoms with Crippen LogP contribution >= 0.6 is 0 Å². The van der Waals surface area contributed by atoms with E-state index in [9.17, 15) is 9.18 Å². The van der Waals surface area contributed by atoms with Gasteiger partial charge in [0.2, 0.25) is 11.8 Å². The van der Waals surface area contributed by atoms with Gasteiger partial charge < -0.3 is 9.84 Å². The molecule has 2 aromatic heterocycles. The molecule has 0 bridgehead atoms. The highest BCUT2D eigenvalue weighted by Gasteiger charge is 2.16. The first-order valence-electron chi connectivity index (χ1n) is 8.83. The lowest BCUT2D eigenvalue weighted by Gasteiger charge is -2.14. The molecule has 142 valence electrons. The number of carbonyl (C=O) groups excluding carboxylic acids is 1. The van der Waals surface area contributed by atoms with Gasteiger partial charge in [-0.05, 0) is 51.5 Å². The maximum Gasteiger partial charge on any atom is 0.226 e. The van der Waals surface area contributed by atoms with Gasteiger partial charge in [-0.1, -0.05) is 5.16 Å². The highest BCUT2D eigenvalue weighted by atomic mass is 19.1. The third-order valence-corrected chi connectivity index (χ3v) is 4.33. The van der Waals surface area contributed by atoms with E-state index >= 15 is 0 Å². The number of rotatable bonds is 7.